The van der Waals surface area contributed by atoms with Gasteiger partial charge in [-0.25, -0.2) is 4.98 Å². The van der Waals surface area contributed by atoms with E-state index in [1.54, 1.807) is 0 Å². The summed E-state index contributed by atoms with van der Waals surface area (Å²) in [6.45, 7) is 4.07. The molecule has 9 heteroatoms. The number of piperazine rings is 1. The minimum atomic E-state index is -2.50. The molecule has 0 aliphatic carbocycles. The average Bonchev–Trinajstić information content (AvgIpc) is 3.10. The number of aromatic nitrogens is 2. The van der Waals surface area contributed by atoms with Gasteiger partial charge >= 0.3 is 6.55 Å². The van der Waals surface area contributed by atoms with Gasteiger partial charge in [0.25, 0.3) is 0 Å². The van der Waals surface area contributed by atoms with E-state index in [2.05, 4.69) is 20.1 Å². The molecule has 1 aromatic rings. The molecule has 2 saturated heterocycles. The monoisotopic (exact) mass is 357 g/mol. The lowest BCUT2D eigenvalue weighted by molar-refractivity contribution is 0.0582. The molecule has 0 bridgehead atoms. The van der Waals surface area contributed by atoms with Gasteiger partial charge in [-0.3, -0.25) is 14.4 Å². The van der Waals surface area contributed by atoms with E-state index in [1.807, 2.05) is 0 Å². The molecule has 3 heterocycles. The van der Waals surface area contributed by atoms with Crippen LogP contribution in [0.3, 0.4) is 0 Å². The van der Waals surface area contributed by atoms with E-state index in [9.17, 15) is 8.78 Å². The summed E-state index contributed by atoms with van der Waals surface area (Å²) in [7, 11) is 0. The highest BCUT2D eigenvalue weighted by atomic mass is 35.5. The van der Waals surface area contributed by atoms with Crippen LogP contribution in [-0.2, 0) is 6.54 Å². The minimum absolute atomic E-state index is 0. The highest BCUT2D eigenvalue weighted by Crippen LogP contribution is 2.16. The third-order valence-electron chi connectivity index (χ3n) is 4.28. The molecule has 0 saturated carbocycles. The van der Waals surface area contributed by atoms with Crippen molar-refractivity contribution in [3.8, 4) is 0 Å². The first kappa shape index (κ1) is 19.6. The first-order chi connectivity index (χ1) is 9.74. The first-order valence-corrected chi connectivity index (χ1v) is 7.21. The number of alkyl halides is 2. The average molecular weight is 358 g/mol. The van der Waals surface area contributed by atoms with Crippen molar-refractivity contribution in [3.63, 3.8) is 0 Å². The lowest BCUT2D eigenvalue weighted by atomic mass is 10.2. The highest BCUT2D eigenvalue weighted by Gasteiger charge is 2.26. The molecule has 2 aliphatic heterocycles. The second kappa shape index (κ2) is 8.98. The second-order valence-electron chi connectivity index (χ2n) is 5.49. The van der Waals surface area contributed by atoms with Gasteiger partial charge < -0.3 is 5.32 Å². The molecule has 0 spiro atoms. The molecule has 22 heavy (non-hydrogen) atoms. The van der Waals surface area contributed by atoms with Crippen LogP contribution in [-0.4, -0.2) is 64.7 Å². The molecule has 3 rings (SSSR count). The Balaban J connectivity index is 0.00000121. The van der Waals surface area contributed by atoms with Gasteiger partial charge in [0.05, 0.1) is 6.54 Å². The maximum Gasteiger partial charge on any atom is 0.319 e. The smallest absolute Gasteiger partial charge is 0.315 e. The predicted molar refractivity (Wildman–Crippen MR) is 86.1 cm³/mol. The largest absolute Gasteiger partial charge is 0.319 e. The van der Waals surface area contributed by atoms with Gasteiger partial charge in [-0.1, -0.05) is 0 Å². The van der Waals surface area contributed by atoms with Gasteiger partial charge in [0, 0.05) is 51.2 Å². The standard InChI is InChI=1S/C13H21F2N5.2ClH/c14-13(15)20-4-3-17-12(20)10-18-5-7-19(8-6-18)11-1-2-16-9-11;;/h3-4,11,13,16H,1-2,5-10H2;2*1H. The third kappa shape index (κ3) is 4.52. The molecule has 1 unspecified atom stereocenters. The molecule has 5 nitrogen and oxygen atoms in total. The Labute approximate surface area is 141 Å². The molecule has 0 radical (unpaired) electrons. The van der Waals surface area contributed by atoms with Crippen molar-refractivity contribution >= 4 is 24.8 Å². The third-order valence-corrected chi connectivity index (χ3v) is 4.28. The maximum absolute atomic E-state index is 12.8. The summed E-state index contributed by atoms with van der Waals surface area (Å²) in [6.07, 6.45) is 4.01. The summed E-state index contributed by atoms with van der Waals surface area (Å²) in [5, 5.41) is 3.39. The predicted octanol–water partition coefficient (Wildman–Crippen LogP) is 1.60. The Morgan fingerprint density at radius 2 is 1.95 bits per heavy atom. The summed E-state index contributed by atoms with van der Waals surface area (Å²) < 4.78 is 26.5. The van der Waals surface area contributed by atoms with E-state index >= 15 is 0 Å². The molecule has 1 N–H and O–H groups in total. The normalized spacial score (nSPS) is 23.3. The Bertz CT molecular complexity index is 432. The Morgan fingerprint density at radius 3 is 2.55 bits per heavy atom. The van der Waals surface area contributed by atoms with Crippen molar-refractivity contribution in [2.45, 2.75) is 25.6 Å². The molecule has 2 fully saturated rings. The molecule has 1 atom stereocenters. The fraction of sp³-hybridized carbons (Fsp3) is 0.769. The van der Waals surface area contributed by atoms with Gasteiger partial charge in [0.2, 0.25) is 0 Å². The van der Waals surface area contributed by atoms with Crippen LogP contribution < -0.4 is 5.32 Å². The number of hydrogen-bond donors (Lipinski definition) is 1. The maximum atomic E-state index is 12.8. The lowest BCUT2D eigenvalue weighted by Crippen LogP contribution is -2.50. The number of imidazole rings is 1. The van der Waals surface area contributed by atoms with E-state index in [-0.39, 0.29) is 24.8 Å². The van der Waals surface area contributed by atoms with E-state index < -0.39 is 6.55 Å². The van der Waals surface area contributed by atoms with Crippen molar-refractivity contribution in [3.05, 3.63) is 18.2 Å². The lowest BCUT2D eigenvalue weighted by Gasteiger charge is -2.37. The molecule has 0 amide bonds. The van der Waals surface area contributed by atoms with Crippen LogP contribution in [0.2, 0.25) is 0 Å². The van der Waals surface area contributed by atoms with Crippen molar-refractivity contribution in [1.29, 1.82) is 0 Å². The Hall–Kier alpha value is -0.470. The number of nitrogens with zero attached hydrogens (tertiary/aromatic N) is 4. The molecule has 2 aliphatic rings. The SMILES string of the molecule is Cl.Cl.FC(F)n1ccnc1CN1CCN(C2CCNC2)CC1. The number of hydrogen-bond acceptors (Lipinski definition) is 4. The summed E-state index contributed by atoms with van der Waals surface area (Å²) >= 11 is 0. The Morgan fingerprint density at radius 1 is 1.23 bits per heavy atom. The Kier molecular flexibility index (Phi) is 7.99. The summed E-state index contributed by atoms with van der Waals surface area (Å²) in [5.41, 5.74) is 0. The summed E-state index contributed by atoms with van der Waals surface area (Å²) in [4.78, 5) is 8.76. The van der Waals surface area contributed by atoms with Crippen LogP contribution in [0.5, 0.6) is 0 Å². The molecule has 128 valence electrons. The van der Waals surface area contributed by atoms with Crippen molar-refractivity contribution in [1.82, 2.24) is 24.7 Å². The number of rotatable bonds is 4. The topological polar surface area (TPSA) is 36.3 Å². The zero-order chi connectivity index (χ0) is 13.9. The molecular formula is C13H23Cl2F2N5. The van der Waals surface area contributed by atoms with Crippen LogP contribution >= 0.6 is 24.8 Å². The number of halogens is 4. The van der Waals surface area contributed by atoms with E-state index in [0.29, 0.717) is 18.4 Å². The van der Waals surface area contributed by atoms with Crippen LogP contribution in [0.1, 0.15) is 18.8 Å². The zero-order valence-corrected chi connectivity index (χ0v) is 14.0. The molecule has 1 aromatic heterocycles. The summed E-state index contributed by atoms with van der Waals surface area (Å²) in [5.74, 6) is 0.455. The van der Waals surface area contributed by atoms with Crippen LogP contribution in [0.25, 0.3) is 0 Å². The molecule has 0 aromatic carbocycles. The van der Waals surface area contributed by atoms with Crippen molar-refractivity contribution in [2.75, 3.05) is 39.3 Å². The fourth-order valence-electron chi connectivity index (χ4n) is 3.08. The van der Waals surface area contributed by atoms with Crippen LogP contribution in [0.4, 0.5) is 8.78 Å². The highest BCUT2D eigenvalue weighted by molar-refractivity contribution is 5.85. The quantitative estimate of drug-likeness (QED) is 0.887. The second-order valence-corrected chi connectivity index (χ2v) is 5.49. The van der Waals surface area contributed by atoms with Gasteiger partial charge in [0.1, 0.15) is 5.82 Å². The van der Waals surface area contributed by atoms with Gasteiger partial charge in [-0.05, 0) is 13.0 Å². The summed E-state index contributed by atoms with van der Waals surface area (Å²) in [6, 6.07) is 0.653. The van der Waals surface area contributed by atoms with Crippen molar-refractivity contribution < 1.29 is 8.78 Å². The van der Waals surface area contributed by atoms with Gasteiger partial charge in [-0.2, -0.15) is 8.78 Å². The fourth-order valence-corrected chi connectivity index (χ4v) is 3.08. The van der Waals surface area contributed by atoms with Gasteiger partial charge in [-0.15, -0.1) is 24.8 Å². The van der Waals surface area contributed by atoms with E-state index in [4.69, 9.17) is 0 Å². The van der Waals surface area contributed by atoms with E-state index in [1.165, 1.54) is 18.8 Å². The number of nitrogens with one attached hydrogen (secondary N) is 1. The zero-order valence-electron chi connectivity index (χ0n) is 12.3. The molecular weight excluding hydrogens is 335 g/mol. The first-order valence-electron chi connectivity index (χ1n) is 7.21. The van der Waals surface area contributed by atoms with Crippen LogP contribution in [0.15, 0.2) is 12.4 Å². The van der Waals surface area contributed by atoms with E-state index in [0.717, 1.165) is 43.8 Å². The minimum Gasteiger partial charge on any atom is -0.315 e. The van der Waals surface area contributed by atoms with Crippen molar-refractivity contribution in [2.24, 2.45) is 0 Å². The van der Waals surface area contributed by atoms with Crippen LogP contribution in [0, 0.1) is 0 Å². The van der Waals surface area contributed by atoms with Gasteiger partial charge in [0.15, 0.2) is 0 Å².